The maximum Gasteiger partial charge on any atom is 0.294 e. The molecule has 5 rings (SSSR count). The predicted molar refractivity (Wildman–Crippen MR) is 136 cm³/mol. The molecule has 4 aromatic heterocycles. The molecule has 2 amide bonds. The summed E-state index contributed by atoms with van der Waals surface area (Å²) < 4.78 is 3.35. The molecule has 0 aromatic carbocycles. The highest BCUT2D eigenvalue weighted by molar-refractivity contribution is 6.03. The third kappa shape index (κ3) is 4.69. The molecule has 11 nitrogen and oxygen atoms in total. The van der Waals surface area contributed by atoms with E-state index in [1.54, 1.807) is 40.7 Å². The Kier molecular flexibility index (Phi) is 6.00. The van der Waals surface area contributed by atoms with Crippen molar-refractivity contribution >= 4 is 28.8 Å². The Balaban J connectivity index is 1.30. The van der Waals surface area contributed by atoms with E-state index in [0.717, 1.165) is 30.5 Å². The molecule has 1 aliphatic rings. The number of amides is 2. The highest BCUT2D eigenvalue weighted by atomic mass is 16.2. The third-order valence-electron chi connectivity index (χ3n) is 6.68. The second kappa shape index (κ2) is 9.15. The first-order chi connectivity index (χ1) is 17.2. The molecule has 1 saturated heterocycles. The first-order valence-corrected chi connectivity index (χ1v) is 11.9. The van der Waals surface area contributed by atoms with E-state index in [1.165, 1.54) is 0 Å². The van der Waals surface area contributed by atoms with Crippen LogP contribution in [-0.2, 0) is 11.8 Å². The van der Waals surface area contributed by atoms with Gasteiger partial charge in [-0.25, -0.2) is 0 Å². The lowest BCUT2D eigenvalue weighted by Crippen LogP contribution is -2.42. The Labute approximate surface area is 208 Å². The normalized spacial score (nSPS) is 15.3. The van der Waals surface area contributed by atoms with Crippen molar-refractivity contribution < 1.29 is 9.59 Å². The SMILES string of the molecule is Cc1ncc(NC(=O)CN2CCCC2(C)C)cc1NC(=O)c1nnc2cc(-c3cnn(C)c3)ccn12. The smallest absolute Gasteiger partial charge is 0.294 e. The second-order valence-corrected chi connectivity index (χ2v) is 9.77. The van der Waals surface area contributed by atoms with Gasteiger partial charge in [-0.05, 0) is 63.9 Å². The zero-order valence-corrected chi connectivity index (χ0v) is 20.8. The number of carbonyl (C=O) groups excluding carboxylic acids is 2. The van der Waals surface area contributed by atoms with Crippen LogP contribution >= 0.6 is 0 Å². The quantitative estimate of drug-likeness (QED) is 0.429. The fourth-order valence-corrected chi connectivity index (χ4v) is 4.53. The molecule has 0 spiro atoms. The Bertz CT molecular complexity index is 1450. The summed E-state index contributed by atoms with van der Waals surface area (Å²) in [7, 11) is 1.85. The molecule has 0 saturated carbocycles. The van der Waals surface area contributed by atoms with Gasteiger partial charge in [0.1, 0.15) is 0 Å². The fourth-order valence-electron chi connectivity index (χ4n) is 4.53. The number of hydrogen-bond acceptors (Lipinski definition) is 7. The number of fused-ring (bicyclic) bond motifs is 1. The highest BCUT2D eigenvalue weighted by Crippen LogP contribution is 2.28. The van der Waals surface area contributed by atoms with Crippen LogP contribution in [0.5, 0.6) is 0 Å². The van der Waals surface area contributed by atoms with Gasteiger partial charge in [-0.3, -0.25) is 28.6 Å². The topological polar surface area (TPSA) is 122 Å². The number of nitrogens with zero attached hydrogens (tertiary/aromatic N) is 7. The van der Waals surface area contributed by atoms with Crippen LogP contribution in [0.4, 0.5) is 11.4 Å². The summed E-state index contributed by atoms with van der Waals surface area (Å²) >= 11 is 0. The zero-order chi connectivity index (χ0) is 25.4. The summed E-state index contributed by atoms with van der Waals surface area (Å²) in [5.41, 5.74) is 4.06. The number of nitrogens with one attached hydrogen (secondary N) is 2. The Morgan fingerprint density at radius 1 is 1.11 bits per heavy atom. The van der Waals surface area contributed by atoms with E-state index in [4.69, 9.17) is 0 Å². The van der Waals surface area contributed by atoms with Gasteiger partial charge in [0.2, 0.25) is 11.7 Å². The molecule has 186 valence electrons. The van der Waals surface area contributed by atoms with Crippen molar-refractivity contribution in [3.63, 3.8) is 0 Å². The van der Waals surface area contributed by atoms with Crippen molar-refractivity contribution in [3.8, 4) is 11.1 Å². The van der Waals surface area contributed by atoms with Crippen molar-refractivity contribution in [1.29, 1.82) is 0 Å². The molecule has 0 radical (unpaired) electrons. The summed E-state index contributed by atoms with van der Waals surface area (Å²) in [6.07, 6.45) is 9.18. The molecule has 2 N–H and O–H groups in total. The number of aromatic nitrogens is 6. The molecule has 4 aromatic rings. The van der Waals surface area contributed by atoms with Crippen LogP contribution in [0, 0.1) is 6.92 Å². The number of rotatable bonds is 6. The van der Waals surface area contributed by atoms with Crippen molar-refractivity contribution in [2.45, 2.75) is 39.2 Å². The number of hydrogen-bond donors (Lipinski definition) is 2. The third-order valence-corrected chi connectivity index (χ3v) is 6.68. The van der Waals surface area contributed by atoms with E-state index < -0.39 is 5.91 Å². The summed E-state index contributed by atoms with van der Waals surface area (Å²) in [6.45, 7) is 7.32. The van der Waals surface area contributed by atoms with E-state index in [1.807, 2.05) is 25.4 Å². The summed E-state index contributed by atoms with van der Waals surface area (Å²) in [5.74, 6) is -0.391. The molecular formula is C25H29N9O2. The molecular weight excluding hydrogens is 458 g/mol. The van der Waals surface area contributed by atoms with E-state index in [9.17, 15) is 9.59 Å². The second-order valence-electron chi connectivity index (χ2n) is 9.77. The largest absolute Gasteiger partial charge is 0.324 e. The molecule has 5 heterocycles. The molecule has 0 aliphatic carbocycles. The van der Waals surface area contributed by atoms with Crippen LogP contribution in [-0.4, -0.2) is 64.7 Å². The molecule has 1 aliphatic heterocycles. The van der Waals surface area contributed by atoms with Gasteiger partial charge in [0, 0.05) is 30.5 Å². The predicted octanol–water partition coefficient (Wildman–Crippen LogP) is 2.90. The monoisotopic (exact) mass is 487 g/mol. The first-order valence-electron chi connectivity index (χ1n) is 11.9. The molecule has 0 bridgehead atoms. The number of likely N-dealkylation sites (tertiary alicyclic amines) is 1. The van der Waals surface area contributed by atoms with Gasteiger partial charge in [-0.15, -0.1) is 10.2 Å². The van der Waals surface area contributed by atoms with Crippen molar-refractivity contribution in [2.75, 3.05) is 23.7 Å². The Hall–Kier alpha value is -4.12. The summed E-state index contributed by atoms with van der Waals surface area (Å²) in [5, 5.41) is 18.2. The fraction of sp³-hybridized carbons (Fsp3) is 0.360. The van der Waals surface area contributed by atoms with E-state index in [-0.39, 0.29) is 17.3 Å². The van der Waals surface area contributed by atoms with Gasteiger partial charge in [-0.2, -0.15) is 5.10 Å². The van der Waals surface area contributed by atoms with E-state index >= 15 is 0 Å². The van der Waals surface area contributed by atoms with Crippen LogP contribution in [0.3, 0.4) is 0 Å². The van der Waals surface area contributed by atoms with Gasteiger partial charge >= 0.3 is 0 Å². The van der Waals surface area contributed by atoms with Gasteiger partial charge < -0.3 is 10.6 Å². The lowest BCUT2D eigenvalue weighted by molar-refractivity contribution is -0.118. The lowest BCUT2D eigenvalue weighted by atomic mass is 10.0. The minimum atomic E-state index is -0.427. The number of anilines is 2. The van der Waals surface area contributed by atoms with E-state index in [2.05, 4.69) is 49.7 Å². The maximum atomic E-state index is 13.1. The first kappa shape index (κ1) is 23.6. The summed E-state index contributed by atoms with van der Waals surface area (Å²) in [4.78, 5) is 32.2. The number of carbonyl (C=O) groups is 2. The van der Waals surface area contributed by atoms with Crippen LogP contribution < -0.4 is 10.6 Å². The van der Waals surface area contributed by atoms with Crippen LogP contribution in [0.1, 0.15) is 43.0 Å². The molecule has 36 heavy (non-hydrogen) atoms. The summed E-state index contributed by atoms with van der Waals surface area (Å²) in [6, 6.07) is 5.44. The minimum absolute atomic E-state index is 0.0156. The lowest BCUT2D eigenvalue weighted by Gasteiger charge is -2.30. The minimum Gasteiger partial charge on any atom is -0.324 e. The average molecular weight is 488 g/mol. The molecule has 11 heteroatoms. The number of pyridine rings is 2. The Morgan fingerprint density at radius 3 is 2.67 bits per heavy atom. The van der Waals surface area contributed by atoms with Crippen molar-refractivity contribution in [1.82, 2.24) is 34.3 Å². The molecule has 1 fully saturated rings. The van der Waals surface area contributed by atoms with Crippen LogP contribution in [0.25, 0.3) is 16.8 Å². The maximum absolute atomic E-state index is 13.1. The zero-order valence-electron chi connectivity index (χ0n) is 20.8. The molecule has 0 atom stereocenters. The average Bonchev–Trinajstić information content (AvgIpc) is 3.54. The van der Waals surface area contributed by atoms with Crippen LogP contribution in [0.2, 0.25) is 0 Å². The van der Waals surface area contributed by atoms with Crippen LogP contribution in [0.15, 0.2) is 43.0 Å². The van der Waals surface area contributed by atoms with Crippen molar-refractivity contribution in [2.24, 2.45) is 7.05 Å². The van der Waals surface area contributed by atoms with E-state index in [0.29, 0.717) is 29.3 Å². The van der Waals surface area contributed by atoms with Gasteiger partial charge in [0.15, 0.2) is 5.65 Å². The van der Waals surface area contributed by atoms with Crippen molar-refractivity contribution in [3.05, 3.63) is 54.5 Å². The van der Waals surface area contributed by atoms with Gasteiger partial charge in [0.25, 0.3) is 5.91 Å². The van der Waals surface area contributed by atoms with Gasteiger partial charge in [0.05, 0.1) is 36.0 Å². The van der Waals surface area contributed by atoms with Gasteiger partial charge in [-0.1, -0.05) is 0 Å². The molecule has 0 unspecified atom stereocenters. The highest BCUT2D eigenvalue weighted by Gasteiger charge is 2.32. The Morgan fingerprint density at radius 2 is 1.94 bits per heavy atom. The number of aryl methyl sites for hydroxylation is 2. The standard InChI is InChI=1S/C25H29N9O2/c1-16-20(11-19(13-26-16)28-22(35)15-33-8-5-7-25(33,2)3)29-24(36)23-31-30-21-10-17(6-9-34(21)23)18-12-27-32(4)14-18/h6,9-14H,5,7-8,15H2,1-4H3,(H,28,35)(H,29,36).